The molecule has 3 aromatic rings. The molecule has 4 rings (SSSR count). The lowest BCUT2D eigenvalue weighted by Crippen LogP contribution is -2.44. The summed E-state index contributed by atoms with van der Waals surface area (Å²) in [6, 6.07) is 9.89. The zero-order valence-corrected chi connectivity index (χ0v) is 18.8. The summed E-state index contributed by atoms with van der Waals surface area (Å²) in [5.74, 6) is -0.795. The number of rotatable bonds is 5. The van der Waals surface area contributed by atoms with Gasteiger partial charge in [0.05, 0.1) is 22.3 Å². The molecular weight excluding hydrogens is 432 g/mol. The molecule has 32 heavy (non-hydrogen) atoms. The number of carbonyl (C=O) groups is 1. The maximum atomic E-state index is 14.6. The van der Waals surface area contributed by atoms with Gasteiger partial charge in [-0.05, 0) is 42.5 Å². The zero-order valence-electron chi connectivity index (χ0n) is 18.0. The van der Waals surface area contributed by atoms with Crippen molar-refractivity contribution in [1.82, 2.24) is 14.9 Å². The molecule has 1 saturated carbocycles. The predicted molar refractivity (Wildman–Crippen MR) is 122 cm³/mol. The van der Waals surface area contributed by atoms with Gasteiger partial charge in [-0.25, -0.2) is 13.8 Å². The lowest BCUT2D eigenvalue weighted by Gasteiger charge is -2.34. The van der Waals surface area contributed by atoms with Gasteiger partial charge in [-0.3, -0.25) is 14.2 Å². The monoisotopic (exact) mass is 457 g/mol. The fraction of sp³-hybridized carbons (Fsp3) is 0.375. The number of hydrogen-bond acceptors (Lipinski definition) is 4. The van der Waals surface area contributed by atoms with Gasteiger partial charge in [-0.1, -0.05) is 50.6 Å². The number of benzene rings is 2. The van der Waals surface area contributed by atoms with Crippen LogP contribution < -0.4 is 10.9 Å². The maximum absolute atomic E-state index is 14.6. The van der Waals surface area contributed by atoms with E-state index in [1.54, 1.807) is 24.3 Å². The van der Waals surface area contributed by atoms with Crippen LogP contribution >= 0.6 is 11.8 Å². The number of nitrogens with zero attached hydrogens (tertiary/aromatic N) is 2. The quantitative estimate of drug-likeness (QED) is 0.446. The van der Waals surface area contributed by atoms with Crippen LogP contribution in [-0.2, 0) is 4.79 Å². The third kappa shape index (κ3) is 4.55. The van der Waals surface area contributed by atoms with Gasteiger partial charge < -0.3 is 5.32 Å². The van der Waals surface area contributed by atoms with E-state index in [0.717, 1.165) is 41.3 Å². The van der Waals surface area contributed by atoms with Gasteiger partial charge in [0, 0.05) is 12.1 Å². The lowest BCUT2D eigenvalue weighted by molar-refractivity contribution is -0.120. The molecule has 168 valence electrons. The van der Waals surface area contributed by atoms with Crippen molar-refractivity contribution < 1.29 is 13.6 Å². The molecule has 1 N–H and O–H groups in total. The Hall–Kier alpha value is -2.74. The minimum absolute atomic E-state index is 0.0329. The average molecular weight is 458 g/mol. The van der Waals surface area contributed by atoms with Crippen LogP contribution in [-0.4, -0.2) is 27.3 Å². The molecule has 8 heteroatoms. The van der Waals surface area contributed by atoms with E-state index in [9.17, 15) is 18.4 Å². The first-order valence-electron chi connectivity index (χ1n) is 10.7. The minimum Gasteiger partial charge on any atom is -0.352 e. The number of para-hydroxylation sites is 1. The molecule has 0 saturated heterocycles. The second kappa shape index (κ2) is 9.40. The largest absolute Gasteiger partial charge is 0.352 e. The molecule has 1 fully saturated rings. The first kappa shape index (κ1) is 22.5. The molecule has 0 radical (unpaired) electrons. The van der Waals surface area contributed by atoms with Crippen LogP contribution in [0.2, 0.25) is 0 Å². The van der Waals surface area contributed by atoms with Gasteiger partial charge in [0.25, 0.3) is 5.56 Å². The topological polar surface area (TPSA) is 64.0 Å². The first-order valence-corrected chi connectivity index (χ1v) is 11.7. The molecule has 3 atom stereocenters. The summed E-state index contributed by atoms with van der Waals surface area (Å²) in [4.78, 5) is 30.4. The number of hydrogen-bond donors (Lipinski definition) is 1. The molecule has 1 aromatic heterocycles. The van der Waals surface area contributed by atoms with Gasteiger partial charge >= 0.3 is 0 Å². The number of thioether (sulfide) groups is 1. The molecule has 0 bridgehead atoms. The SMILES string of the molecule is C[C@H]1[C@@H](NC(=O)CSc2nc3ccccc3c(=O)n2-c2ccc(F)cc2F)CCC[C@@H]1C. The maximum Gasteiger partial charge on any atom is 0.266 e. The van der Waals surface area contributed by atoms with Crippen LogP contribution in [0.5, 0.6) is 0 Å². The number of amides is 1. The number of fused-ring (bicyclic) bond motifs is 1. The highest BCUT2D eigenvalue weighted by Gasteiger charge is 2.28. The summed E-state index contributed by atoms with van der Waals surface area (Å²) < 4.78 is 29.1. The van der Waals surface area contributed by atoms with Crippen molar-refractivity contribution in [1.29, 1.82) is 0 Å². The van der Waals surface area contributed by atoms with Gasteiger partial charge in [0.15, 0.2) is 5.16 Å². The Morgan fingerprint density at radius 1 is 1.19 bits per heavy atom. The Morgan fingerprint density at radius 3 is 2.75 bits per heavy atom. The van der Waals surface area contributed by atoms with E-state index in [-0.39, 0.29) is 28.5 Å². The standard InChI is InChI=1S/C24H25F2N3O2S/c1-14-6-5-9-19(15(14)2)27-22(30)13-32-24-28-20-8-4-3-7-17(20)23(31)29(24)21-11-10-16(25)12-18(21)26/h3-4,7-8,10-12,14-15,19H,5-6,9,13H2,1-2H3,(H,27,30)/t14-,15+,19-/m0/s1. The van der Waals surface area contributed by atoms with Crippen molar-refractivity contribution in [2.45, 2.75) is 44.3 Å². The predicted octanol–water partition coefficient (Wildman–Crippen LogP) is 4.70. The smallest absolute Gasteiger partial charge is 0.266 e. The molecule has 1 amide bonds. The highest BCUT2D eigenvalue weighted by atomic mass is 32.2. The molecular formula is C24H25F2N3O2S. The summed E-state index contributed by atoms with van der Waals surface area (Å²) in [6.07, 6.45) is 3.19. The second-order valence-corrected chi connectivity index (χ2v) is 9.32. The number of halogens is 2. The summed E-state index contributed by atoms with van der Waals surface area (Å²) in [7, 11) is 0. The molecule has 0 aliphatic heterocycles. The van der Waals surface area contributed by atoms with Crippen molar-refractivity contribution >= 4 is 28.6 Å². The Labute approximate surface area is 189 Å². The van der Waals surface area contributed by atoms with E-state index in [1.165, 1.54) is 12.5 Å². The molecule has 0 spiro atoms. The van der Waals surface area contributed by atoms with Crippen LogP contribution in [0.25, 0.3) is 16.6 Å². The van der Waals surface area contributed by atoms with Gasteiger partial charge in [-0.15, -0.1) is 0 Å². The Bertz CT molecular complexity index is 1210. The van der Waals surface area contributed by atoms with E-state index in [2.05, 4.69) is 24.1 Å². The molecule has 1 aliphatic carbocycles. The average Bonchev–Trinajstić information content (AvgIpc) is 2.76. The summed E-state index contributed by atoms with van der Waals surface area (Å²) >= 11 is 1.06. The summed E-state index contributed by atoms with van der Waals surface area (Å²) in [6.45, 7) is 4.36. The normalized spacial score (nSPS) is 20.9. The molecule has 1 heterocycles. The highest BCUT2D eigenvalue weighted by Crippen LogP contribution is 2.30. The first-order chi connectivity index (χ1) is 15.3. The molecule has 1 aliphatic rings. The number of nitrogens with one attached hydrogen (secondary N) is 1. The molecule has 5 nitrogen and oxygen atoms in total. The van der Waals surface area contributed by atoms with Gasteiger partial charge in [0.1, 0.15) is 11.6 Å². The van der Waals surface area contributed by atoms with Crippen molar-refractivity contribution in [3.63, 3.8) is 0 Å². The van der Waals surface area contributed by atoms with E-state index < -0.39 is 17.2 Å². The van der Waals surface area contributed by atoms with E-state index in [1.807, 2.05) is 0 Å². The van der Waals surface area contributed by atoms with E-state index in [0.29, 0.717) is 22.7 Å². The molecule has 0 unspecified atom stereocenters. The van der Waals surface area contributed by atoms with Crippen molar-refractivity contribution in [2.75, 3.05) is 5.75 Å². The van der Waals surface area contributed by atoms with Crippen LogP contribution in [0.15, 0.2) is 52.4 Å². The van der Waals surface area contributed by atoms with E-state index in [4.69, 9.17) is 0 Å². The Morgan fingerprint density at radius 2 is 1.97 bits per heavy atom. The van der Waals surface area contributed by atoms with E-state index >= 15 is 0 Å². The summed E-state index contributed by atoms with van der Waals surface area (Å²) in [5, 5.41) is 3.60. The fourth-order valence-corrected chi connectivity index (χ4v) is 5.07. The third-order valence-corrected chi connectivity index (χ3v) is 7.22. The fourth-order valence-electron chi connectivity index (χ4n) is 4.25. The lowest BCUT2D eigenvalue weighted by atomic mass is 9.78. The Kier molecular flexibility index (Phi) is 6.60. The number of carbonyl (C=O) groups excluding carboxylic acids is 1. The Balaban J connectivity index is 1.64. The minimum atomic E-state index is -0.875. The van der Waals surface area contributed by atoms with Gasteiger partial charge in [-0.2, -0.15) is 0 Å². The van der Waals surface area contributed by atoms with Crippen LogP contribution in [0, 0.1) is 23.5 Å². The summed E-state index contributed by atoms with van der Waals surface area (Å²) in [5.41, 5.74) is -0.125. The second-order valence-electron chi connectivity index (χ2n) is 8.38. The highest BCUT2D eigenvalue weighted by molar-refractivity contribution is 7.99. The zero-order chi connectivity index (χ0) is 22.8. The van der Waals surface area contributed by atoms with Crippen LogP contribution in [0.3, 0.4) is 0 Å². The van der Waals surface area contributed by atoms with Crippen molar-refractivity contribution in [3.05, 3.63) is 64.5 Å². The van der Waals surface area contributed by atoms with Crippen molar-refractivity contribution in [3.8, 4) is 5.69 Å². The van der Waals surface area contributed by atoms with Gasteiger partial charge in [0.2, 0.25) is 5.91 Å². The third-order valence-electron chi connectivity index (χ3n) is 6.28. The van der Waals surface area contributed by atoms with Crippen LogP contribution in [0.4, 0.5) is 8.78 Å². The number of aromatic nitrogens is 2. The van der Waals surface area contributed by atoms with Crippen LogP contribution in [0.1, 0.15) is 33.1 Å². The molecule has 2 aromatic carbocycles. The van der Waals surface area contributed by atoms with Crippen molar-refractivity contribution in [2.24, 2.45) is 11.8 Å².